The van der Waals surface area contributed by atoms with Crippen molar-refractivity contribution in [2.45, 2.75) is 26.7 Å². The Bertz CT molecular complexity index is 340. The Morgan fingerprint density at radius 2 is 1.94 bits per heavy atom. The number of aryl methyl sites for hydroxylation is 1. The highest BCUT2D eigenvalue weighted by Gasteiger charge is 2.07. The van der Waals surface area contributed by atoms with E-state index in [0.717, 1.165) is 24.4 Å². The summed E-state index contributed by atoms with van der Waals surface area (Å²) in [4.78, 5) is 0. The van der Waals surface area contributed by atoms with Crippen molar-refractivity contribution in [3.63, 3.8) is 0 Å². The molecule has 0 N–H and O–H groups in total. The first-order chi connectivity index (χ1) is 8.17. The van der Waals surface area contributed by atoms with Crippen LogP contribution in [-0.4, -0.2) is 13.7 Å². The third-order valence-electron chi connectivity index (χ3n) is 2.90. The van der Waals surface area contributed by atoms with Crippen molar-refractivity contribution in [1.82, 2.24) is 0 Å². The maximum Gasteiger partial charge on any atom is 0.118 e. The van der Waals surface area contributed by atoms with Gasteiger partial charge >= 0.3 is 0 Å². The van der Waals surface area contributed by atoms with Gasteiger partial charge in [-0.25, -0.2) is 0 Å². The van der Waals surface area contributed by atoms with Crippen molar-refractivity contribution in [1.29, 1.82) is 0 Å². The molecular formula is C15H22O2. The van der Waals surface area contributed by atoms with Crippen molar-refractivity contribution in [2.24, 2.45) is 5.92 Å². The Balaban J connectivity index is 2.41. The first-order valence-electron chi connectivity index (χ1n) is 6.12. The topological polar surface area (TPSA) is 18.5 Å². The lowest BCUT2D eigenvalue weighted by molar-refractivity contribution is 0.194. The largest absolute Gasteiger partial charge is 0.499 e. The minimum Gasteiger partial charge on any atom is -0.499 e. The van der Waals surface area contributed by atoms with Crippen LogP contribution in [-0.2, 0) is 11.2 Å². The van der Waals surface area contributed by atoms with E-state index in [0.29, 0.717) is 12.5 Å². The summed E-state index contributed by atoms with van der Waals surface area (Å²) in [6.07, 6.45) is 2.10. The van der Waals surface area contributed by atoms with Crippen LogP contribution in [0.15, 0.2) is 36.6 Å². The molecule has 1 atom stereocenters. The predicted molar refractivity (Wildman–Crippen MR) is 71.2 cm³/mol. The summed E-state index contributed by atoms with van der Waals surface area (Å²) in [6.45, 7) is 8.78. The molecule has 0 heterocycles. The summed E-state index contributed by atoms with van der Waals surface area (Å²) in [6, 6.07) is 8.21. The molecule has 94 valence electrons. The molecule has 1 rings (SSSR count). The first kappa shape index (κ1) is 13.6. The Kier molecular flexibility index (Phi) is 5.61. The van der Waals surface area contributed by atoms with Gasteiger partial charge in [-0.05, 0) is 37.5 Å². The minimum atomic E-state index is 0.400. The fourth-order valence-electron chi connectivity index (χ4n) is 1.66. The second kappa shape index (κ2) is 7.00. The Morgan fingerprint density at radius 3 is 2.47 bits per heavy atom. The third kappa shape index (κ3) is 4.51. The van der Waals surface area contributed by atoms with E-state index in [2.05, 4.69) is 25.6 Å². The molecule has 2 nitrogen and oxygen atoms in total. The molecule has 0 aliphatic rings. The molecule has 0 spiro atoms. The molecule has 0 aliphatic heterocycles. The second-order valence-corrected chi connectivity index (χ2v) is 4.19. The molecule has 0 bridgehead atoms. The molecule has 0 aromatic heterocycles. The summed E-state index contributed by atoms with van der Waals surface area (Å²) < 4.78 is 10.5. The van der Waals surface area contributed by atoms with Gasteiger partial charge in [-0.15, -0.1) is 0 Å². The third-order valence-corrected chi connectivity index (χ3v) is 2.90. The van der Waals surface area contributed by atoms with Crippen LogP contribution in [0.2, 0.25) is 0 Å². The number of hydrogen-bond donors (Lipinski definition) is 0. The smallest absolute Gasteiger partial charge is 0.118 e. The van der Waals surface area contributed by atoms with E-state index in [4.69, 9.17) is 9.47 Å². The van der Waals surface area contributed by atoms with E-state index in [1.165, 1.54) is 5.56 Å². The van der Waals surface area contributed by atoms with Gasteiger partial charge in [0, 0.05) is 5.92 Å². The summed E-state index contributed by atoms with van der Waals surface area (Å²) in [5.74, 6) is 2.19. The molecule has 1 aromatic carbocycles. The molecular weight excluding hydrogens is 212 g/mol. The molecule has 0 fully saturated rings. The standard InChI is InChI=1S/C15H22O2/c1-5-17-13(3)12(2)6-7-14-8-10-15(16-4)11-9-14/h8-12H,3,5-7H2,1-2,4H3/t12-/m1/s1. The molecule has 1 aromatic rings. The zero-order chi connectivity index (χ0) is 12.7. The Hall–Kier alpha value is -1.44. The van der Waals surface area contributed by atoms with Crippen molar-refractivity contribution in [3.8, 4) is 5.75 Å². The maximum atomic E-state index is 5.41. The number of rotatable bonds is 7. The van der Waals surface area contributed by atoms with Crippen LogP contribution in [0.5, 0.6) is 5.75 Å². The number of ether oxygens (including phenoxy) is 2. The Morgan fingerprint density at radius 1 is 1.29 bits per heavy atom. The minimum absolute atomic E-state index is 0.400. The molecule has 0 aliphatic carbocycles. The fourth-order valence-corrected chi connectivity index (χ4v) is 1.66. The number of hydrogen-bond acceptors (Lipinski definition) is 2. The summed E-state index contributed by atoms with van der Waals surface area (Å²) in [5.41, 5.74) is 1.32. The van der Waals surface area contributed by atoms with Crippen LogP contribution in [0, 0.1) is 5.92 Å². The summed E-state index contributed by atoms with van der Waals surface area (Å²) in [7, 11) is 1.68. The molecule has 17 heavy (non-hydrogen) atoms. The SMILES string of the molecule is C=C(OCC)[C@H](C)CCc1ccc(OC)cc1. The van der Waals surface area contributed by atoms with Gasteiger partial charge in [0.05, 0.1) is 19.5 Å². The number of benzene rings is 1. The van der Waals surface area contributed by atoms with E-state index in [1.807, 2.05) is 19.1 Å². The fraction of sp³-hybridized carbons (Fsp3) is 0.467. The van der Waals surface area contributed by atoms with Crippen LogP contribution in [0.25, 0.3) is 0 Å². The van der Waals surface area contributed by atoms with Crippen LogP contribution in [0.4, 0.5) is 0 Å². The van der Waals surface area contributed by atoms with E-state index >= 15 is 0 Å². The molecule has 0 saturated heterocycles. The Labute approximate surface area is 104 Å². The van der Waals surface area contributed by atoms with E-state index < -0.39 is 0 Å². The van der Waals surface area contributed by atoms with Gasteiger partial charge in [0.1, 0.15) is 5.75 Å². The molecule has 0 amide bonds. The van der Waals surface area contributed by atoms with E-state index in [-0.39, 0.29) is 0 Å². The van der Waals surface area contributed by atoms with Crippen LogP contribution in [0.1, 0.15) is 25.8 Å². The maximum absolute atomic E-state index is 5.41. The van der Waals surface area contributed by atoms with Crippen LogP contribution >= 0.6 is 0 Å². The zero-order valence-corrected chi connectivity index (χ0v) is 11.0. The highest BCUT2D eigenvalue weighted by molar-refractivity contribution is 5.27. The number of methoxy groups -OCH3 is 1. The lowest BCUT2D eigenvalue weighted by atomic mass is 10.00. The van der Waals surface area contributed by atoms with Crippen molar-refractivity contribution < 1.29 is 9.47 Å². The predicted octanol–water partition coefficient (Wildman–Crippen LogP) is 3.81. The average molecular weight is 234 g/mol. The van der Waals surface area contributed by atoms with Gasteiger partial charge in [-0.1, -0.05) is 25.6 Å². The molecule has 0 radical (unpaired) electrons. The van der Waals surface area contributed by atoms with Crippen LogP contribution in [0.3, 0.4) is 0 Å². The summed E-state index contributed by atoms with van der Waals surface area (Å²) in [5, 5.41) is 0. The lowest BCUT2D eigenvalue weighted by Gasteiger charge is -2.14. The zero-order valence-electron chi connectivity index (χ0n) is 11.0. The van der Waals surface area contributed by atoms with Crippen molar-refractivity contribution in [2.75, 3.05) is 13.7 Å². The van der Waals surface area contributed by atoms with Gasteiger partial charge < -0.3 is 9.47 Å². The highest BCUT2D eigenvalue weighted by atomic mass is 16.5. The van der Waals surface area contributed by atoms with E-state index in [1.54, 1.807) is 7.11 Å². The van der Waals surface area contributed by atoms with Gasteiger partial charge in [0.2, 0.25) is 0 Å². The van der Waals surface area contributed by atoms with Crippen LogP contribution < -0.4 is 4.74 Å². The second-order valence-electron chi connectivity index (χ2n) is 4.19. The first-order valence-corrected chi connectivity index (χ1v) is 6.12. The van der Waals surface area contributed by atoms with Gasteiger partial charge in [0.15, 0.2) is 0 Å². The van der Waals surface area contributed by atoms with Gasteiger partial charge in [0.25, 0.3) is 0 Å². The molecule has 2 heteroatoms. The van der Waals surface area contributed by atoms with E-state index in [9.17, 15) is 0 Å². The summed E-state index contributed by atoms with van der Waals surface area (Å²) >= 11 is 0. The monoisotopic (exact) mass is 234 g/mol. The number of allylic oxidation sites excluding steroid dienone is 1. The highest BCUT2D eigenvalue weighted by Crippen LogP contribution is 2.18. The molecule has 0 saturated carbocycles. The normalized spacial score (nSPS) is 11.9. The molecule has 0 unspecified atom stereocenters. The van der Waals surface area contributed by atoms with Crippen molar-refractivity contribution >= 4 is 0 Å². The van der Waals surface area contributed by atoms with Crippen molar-refractivity contribution in [3.05, 3.63) is 42.2 Å². The van der Waals surface area contributed by atoms with Gasteiger partial charge in [-0.2, -0.15) is 0 Å². The quantitative estimate of drug-likeness (QED) is 0.668. The lowest BCUT2D eigenvalue weighted by Crippen LogP contribution is -2.04. The van der Waals surface area contributed by atoms with Gasteiger partial charge in [-0.3, -0.25) is 0 Å². The average Bonchev–Trinajstić information content (AvgIpc) is 2.36.